The Morgan fingerprint density at radius 3 is 1.80 bits per heavy atom. The monoisotopic (exact) mass is 90.0 g/mol. The highest BCUT2D eigenvalue weighted by Crippen LogP contribution is 1.35. The molecule has 0 aliphatic rings. The number of aldehydes is 1. The molecule has 0 bridgehead atoms. The zero-order chi connectivity index (χ0) is 3.41. The van der Waals surface area contributed by atoms with Crippen molar-refractivity contribution in [3.8, 4) is 0 Å². The molecule has 0 amide bonds. The highest BCUT2D eigenvalue weighted by Gasteiger charge is 1.38. The summed E-state index contributed by atoms with van der Waals surface area (Å²) in [7, 11) is 0. The summed E-state index contributed by atoms with van der Waals surface area (Å²) in [6.07, 6.45) is 1.83. The van der Waals surface area contributed by atoms with Gasteiger partial charge in [0.1, 0.15) is 6.29 Å². The molecule has 0 heterocycles. The summed E-state index contributed by atoms with van der Waals surface area (Å²) in [6, 6.07) is 0. The maximum atomic E-state index is 9.06. The normalized spacial score (nSPS) is 4.00. The lowest BCUT2D eigenvalue weighted by Gasteiger charge is -1.37. The summed E-state index contributed by atoms with van der Waals surface area (Å²) in [5, 5.41) is 0. The van der Waals surface area contributed by atoms with Gasteiger partial charge in [0, 0.05) is 0 Å². The van der Waals surface area contributed by atoms with Crippen LogP contribution in [0.25, 0.3) is 0 Å². The van der Waals surface area contributed by atoms with Crippen molar-refractivity contribution in [1.29, 1.82) is 0 Å². The third-order valence-corrected chi connectivity index (χ3v) is 0.0962. The van der Waals surface area contributed by atoms with E-state index in [1.807, 2.05) is 0 Å². The average molecular weight is 90.1 g/mol. The minimum atomic E-state index is 0. The molecule has 0 radical (unpaired) electrons. The average Bonchev–Trinajstić information content (AvgIpc) is 1.37. The molecular formula is C3H6OS. The quantitative estimate of drug-likeness (QED) is 0.338. The Morgan fingerprint density at radius 1 is 1.60 bits per heavy atom. The predicted octanol–water partition coefficient (Wildman–Crippen LogP) is 0.484. The molecule has 0 atom stereocenters. The number of carbonyl (C=O) groups is 1. The zero-order valence-corrected chi connectivity index (χ0v) is 3.77. The number of allylic oxidation sites excluding steroid dienone is 1. The topological polar surface area (TPSA) is 17.1 Å². The fourth-order valence-corrected chi connectivity index (χ4v) is 0. The van der Waals surface area contributed by atoms with Gasteiger partial charge in [-0.2, -0.15) is 13.5 Å². The molecule has 0 saturated carbocycles. The second-order valence-corrected chi connectivity index (χ2v) is 0.372. The van der Waals surface area contributed by atoms with Crippen LogP contribution in [0.5, 0.6) is 0 Å². The highest BCUT2D eigenvalue weighted by molar-refractivity contribution is 7.59. The van der Waals surface area contributed by atoms with E-state index in [4.69, 9.17) is 4.79 Å². The Labute approximate surface area is 38.1 Å². The van der Waals surface area contributed by atoms with Crippen LogP contribution in [0.1, 0.15) is 0 Å². The zero-order valence-electron chi connectivity index (χ0n) is 2.77. The number of hydrogen-bond donors (Lipinski definition) is 0. The van der Waals surface area contributed by atoms with Crippen LogP contribution in [-0.4, -0.2) is 6.29 Å². The molecule has 0 aromatic heterocycles. The van der Waals surface area contributed by atoms with Gasteiger partial charge in [0.05, 0.1) is 0 Å². The van der Waals surface area contributed by atoms with Gasteiger partial charge in [-0.25, -0.2) is 0 Å². The summed E-state index contributed by atoms with van der Waals surface area (Å²) in [4.78, 5) is 9.06. The van der Waals surface area contributed by atoms with Crippen LogP contribution in [0.15, 0.2) is 12.7 Å². The van der Waals surface area contributed by atoms with Crippen molar-refractivity contribution in [1.82, 2.24) is 0 Å². The van der Waals surface area contributed by atoms with Gasteiger partial charge in [0.15, 0.2) is 0 Å². The predicted molar refractivity (Wildman–Crippen MR) is 26.6 cm³/mol. The van der Waals surface area contributed by atoms with E-state index in [1.165, 1.54) is 6.08 Å². The lowest BCUT2D eigenvalue weighted by Crippen LogP contribution is -1.44. The first-order valence-corrected chi connectivity index (χ1v) is 0.977. The maximum Gasteiger partial charge on any atom is 0.142 e. The van der Waals surface area contributed by atoms with E-state index in [0.717, 1.165) is 0 Å². The summed E-state index contributed by atoms with van der Waals surface area (Å²) >= 11 is 0. The molecule has 0 unspecified atom stereocenters. The van der Waals surface area contributed by atoms with Crippen molar-refractivity contribution in [2.75, 3.05) is 0 Å². The van der Waals surface area contributed by atoms with Crippen LogP contribution in [0.4, 0.5) is 0 Å². The fourth-order valence-electron chi connectivity index (χ4n) is 0. The van der Waals surface area contributed by atoms with Crippen molar-refractivity contribution in [2.24, 2.45) is 0 Å². The molecule has 0 saturated heterocycles. The smallest absolute Gasteiger partial charge is 0.142 e. The van der Waals surface area contributed by atoms with Crippen LogP contribution in [0, 0.1) is 0 Å². The lowest BCUT2D eigenvalue weighted by atomic mass is 10.8. The summed E-state index contributed by atoms with van der Waals surface area (Å²) < 4.78 is 0. The lowest BCUT2D eigenvalue weighted by molar-refractivity contribution is -0.104. The molecule has 0 aliphatic carbocycles. The van der Waals surface area contributed by atoms with Crippen molar-refractivity contribution < 1.29 is 4.79 Å². The van der Waals surface area contributed by atoms with Gasteiger partial charge < -0.3 is 0 Å². The SMILES string of the molecule is C=CC=O.S. The first-order valence-electron chi connectivity index (χ1n) is 0.977. The van der Waals surface area contributed by atoms with E-state index in [0.29, 0.717) is 6.29 Å². The minimum Gasteiger partial charge on any atom is -0.299 e. The van der Waals surface area contributed by atoms with Crippen LogP contribution in [-0.2, 0) is 4.79 Å². The van der Waals surface area contributed by atoms with Crippen molar-refractivity contribution in [3.63, 3.8) is 0 Å². The molecule has 2 heteroatoms. The Hall–Kier alpha value is -0.240. The molecule has 1 nitrogen and oxygen atoms in total. The van der Waals surface area contributed by atoms with Crippen LogP contribution >= 0.6 is 13.5 Å². The van der Waals surface area contributed by atoms with E-state index in [2.05, 4.69) is 6.58 Å². The summed E-state index contributed by atoms with van der Waals surface area (Å²) in [5.41, 5.74) is 0. The maximum absolute atomic E-state index is 9.06. The second kappa shape index (κ2) is 9.25. The Bertz CT molecular complexity index is 27.9. The largest absolute Gasteiger partial charge is 0.299 e. The molecule has 0 fully saturated rings. The Morgan fingerprint density at radius 2 is 1.80 bits per heavy atom. The number of hydrogen-bond acceptors (Lipinski definition) is 1. The first-order chi connectivity index (χ1) is 1.91. The van der Waals surface area contributed by atoms with E-state index in [1.54, 1.807) is 0 Å². The Balaban J connectivity index is 0. The molecule has 5 heavy (non-hydrogen) atoms. The van der Waals surface area contributed by atoms with Crippen LogP contribution < -0.4 is 0 Å². The first kappa shape index (κ1) is 8.83. The fraction of sp³-hybridized carbons (Fsp3) is 0. The molecule has 30 valence electrons. The van der Waals surface area contributed by atoms with E-state index >= 15 is 0 Å². The van der Waals surface area contributed by atoms with Crippen LogP contribution in [0.3, 0.4) is 0 Å². The second-order valence-electron chi connectivity index (χ2n) is 0.372. The molecule has 0 aromatic carbocycles. The van der Waals surface area contributed by atoms with Gasteiger partial charge in [0.2, 0.25) is 0 Å². The minimum absolute atomic E-state index is 0. The standard InChI is InChI=1S/C3H4O.H2S/c1-2-3-4;/h2-3H,1H2;1H2. The van der Waals surface area contributed by atoms with E-state index in [9.17, 15) is 0 Å². The van der Waals surface area contributed by atoms with Gasteiger partial charge in [-0.1, -0.05) is 6.58 Å². The summed E-state index contributed by atoms with van der Waals surface area (Å²) in [5.74, 6) is 0. The molecular weight excluding hydrogens is 84.1 g/mol. The van der Waals surface area contributed by atoms with Crippen molar-refractivity contribution in [2.45, 2.75) is 0 Å². The summed E-state index contributed by atoms with van der Waals surface area (Å²) in [6.45, 7) is 3.11. The van der Waals surface area contributed by atoms with Gasteiger partial charge in [-0.15, -0.1) is 0 Å². The van der Waals surface area contributed by atoms with Gasteiger partial charge >= 0.3 is 0 Å². The van der Waals surface area contributed by atoms with Crippen LogP contribution in [0.2, 0.25) is 0 Å². The molecule has 0 spiro atoms. The van der Waals surface area contributed by atoms with Gasteiger partial charge in [-0.3, -0.25) is 4.79 Å². The number of carbonyl (C=O) groups excluding carboxylic acids is 1. The van der Waals surface area contributed by atoms with E-state index < -0.39 is 0 Å². The van der Waals surface area contributed by atoms with E-state index in [-0.39, 0.29) is 13.5 Å². The highest BCUT2D eigenvalue weighted by atomic mass is 32.1. The third kappa shape index (κ3) is 20.2. The number of rotatable bonds is 1. The molecule has 0 N–H and O–H groups in total. The third-order valence-electron chi connectivity index (χ3n) is 0.0962. The van der Waals surface area contributed by atoms with Gasteiger partial charge in [-0.05, 0) is 6.08 Å². The molecule has 0 aromatic rings. The molecule has 0 aliphatic heterocycles. The molecule has 0 rings (SSSR count). The van der Waals surface area contributed by atoms with Gasteiger partial charge in [0.25, 0.3) is 0 Å². The van der Waals surface area contributed by atoms with Crippen molar-refractivity contribution >= 4 is 19.8 Å². The van der Waals surface area contributed by atoms with Crippen molar-refractivity contribution in [3.05, 3.63) is 12.7 Å². The Kier molecular flexibility index (Phi) is 16.3.